The average molecular weight is 903 g/mol. The Morgan fingerprint density at radius 1 is 0.371 bits per heavy atom. The molecular weight excluding hydrogens is 833 g/mol. The predicted molar refractivity (Wildman–Crippen MR) is 276 cm³/mol. The van der Waals surface area contributed by atoms with Crippen molar-refractivity contribution in [3.8, 4) is 55.6 Å². The Hall–Kier alpha value is -3.44. The van der Waals surface area contributed by atoms with E-state index in [0.717, 1.165) is 49.2 Å². The maximum absolute atomic E-state index is 4.20. The molecule has 0 aliphatic heterocycles. The topological polar surface area (TPSA) is 64.2 Å². The Labute approximate surface area is 390 Å². The molecule has 8 N–H and O–H groups in total. The number of thioether (sulfide) groups is 4. The fourth-order valence-electron chi connectivity index (χ4n) is 7.33. The van der Waals surface area contributed by atoms with E-state index in [1.807, 2.05) is 47.0 Å². The zero-order chi connectivity index (χ0) is 44.2. The Kier molecular flexibility index (Phi) is 18.2. The molecule has 62 heavy (non-hydrogen) atoms. The summed E-state index contributed by atoms with van der Waals surface area (Å²) in [5.41, 5.74) is 23.7. The van der Waals surface area contributed by atoms with Crippen LogP contribution in [0.2, 0.25) is 0 Å². The minimum absolute atomic E-state index is 0.376. The minimum Gasteiger partial charge on any atom is -0.357 e. The van der Waals surface area contributed by atoms with Crippen LogP contribution in [0.5, 0.6) is 0 Å². The maximum Gasteiger partial charge on any atom is 0.0862 e. The highest BCUT2D eigenvalue weighted by Crippen LogP contribution is 2.40. The third kappa shape index (κ3) is 13.8. The van der Waals surface area contributed by atoms with Gasteiger partial charge in [0.2, 0.25) is 0 Å². The van der Waals surface area contributed by atoms with Crippen LogP contribution in [0.4, 0.5) is 0 Å². The zero-order valence-corrected chi connectivity index (χ0v) is 41.7. The molecule has 0 amide bonds. The number of rotatable bonds is 21. The molecule has 0 atom stereocenters. The Morgan fingerprint density at radius 2 is 0.661 bits per heavy atom. The summed E-state index contributed by atoms with van der Waals surface area (Å²) in [6.45, 7) is 13.3. The van der Waals surface area contributed by atoms with Gasteiger partial charge in [-0.25, -0.2) is 0 Å². The normalized spacial score (nSPS) is 11.8. The van der Waals surface area contributed by atoms with E-state index in [9.17, 15) is 0 Å². The minimum atomic E-state index is 0.376. The van der Waals surface area contributed by atoms with Gasteiger partial charge in [0.1, 0.15) is 0 Å². The highest BCUT2D eigenvalue weighted by molar-refractivity contribution is 8.00. The molecule has 0 saturated carbocycles. The summed E-state index contributed by atoms with van der Waals surface area (Å²) in [4.78, 5) is 8.20. The molecule has 0 spiro atoms. The number of benzene rings is 6. The molecule has 0 bridgehead atoms. The fraction of sp³-hybridized carbons (Fsp3) is 0.333. The first-order chi connectivity index (χ1) is 29.9. The van der Waals surface area contributed by atoms with Crippen molar-refractivity contribution in [1.82, 2.24) is 0 Å². The summed E-state index contributed by atoms with van der Waals surface area (Å²) in [7, 11) is 8.90. The second-order valence-electron chi connectivity index (χ2n) is 17.6. The van der Waals surface area contributed by atoms with Gasteiger partial charge in [-0.2, -0.15) is 0 Å². The van der Waals surface area contributed by atoms with Gasteiger partial charge in [-0.15, -0.1) is 47.0 Å². The van der Waals surface area contributed by atoms with Crippen LogP contribution in [0.15, 0.2) is 141 Å². The highest BCUT2D eigenvalue weighted by Gasteiger charge is 2.16. The van der Waals surface area contributed by atoms with Gasteiger partial charge in [0.05, 0.1) is 54.4 Å². The van der Waals surface area contributed by atoms with Crippen LogP contribution in [0, 0.1) is 0 Å². The van der Waals surface area contributed by atoms with Gasteiger partial charge >= 0.3 is 0 Å². The Morgan fingerprint density at radius 3 is 0.984 bits per heavy atom. The molecule has 0 unspecified atom stereocenters. The van der Waals surface area contributed by atoms with E-state index in [0.29, 0.717) is 11.8 Å². The molecule has 6 rings (SSSR count). The zero-order valence-electron chi connectivity index (χ0n) is 38.4. The number of hydrogen-bond donors (Lipinski definition) is 4. The van der Waals surface area contributed by atoms with Crippen LogP contribution in [0.1, 0.15) is 50.7 Å². The largest absolute Gasteiger partial charge is 0.357 e. The van der Waals surface area contributed by atoms with Crippen LogP contribution >= 0.6 is 47.0 Å². The second kappa shape index (κ2) is 23.5. The molecule has 0 aliphatic carbocycles. The van der Waals surface area contributed by atoms with Crippen molar-refractivity contribution in [2.75, 3.05) is 77.4 Å². The lowest BCUT2D eigenvalue weighted by molar-refractivity contribution is -0.855. The monoisotopic (exact) mass is 902 g/mol. The molecule has 326 valence electrons. The molecule has 0 saturated heterocycles. The third-order valence-electron chi connectivity index (χ3n) is 11.0. The molecule has 6 aromatic rings. The highest BCUT2D eigenvalue weighted by atomic mass is 32.2. The molecule has 0 fully saturated rings. The van der Waals surface area contributed by atoms with E-state index in [-0.39, 0.29) is 0 Å². The van der Waals surface area contributed by atoms with Gasteiger partial charge in [0.25, 0.3) is 0 Å². The van der Waals surface area contributed by atoms with E-state index in [2.05, 4.69) is 189 Å². The van der Waals surface area contributed by atoms with E-state index in [4.69, 9.17) is 0 Å². The van der Waals surface area contributed by atoms with Crippen molar-refractivity contribution in [2.24, 2.45) is 0 Å². The third-order valence-corrected chi connectivity index (χ3v) is 15.1. The summed E-state index contributed by atoms with van der Waals surface area (Å²) in [5, 5.41) is 0. The molecule has 6 aromatic carbocycles. The maximum atomic E-state index is 4.20. The molecule has 0 aromatic heterocycles. The van der Waals surface area contributed by atoms with Crippen LogP contribution < -0.4 is 21.3 Å². The quantitative estimate of drug-likeness (QED) is 0.0545. The smallest absolute Gasteiger partial charge is 0.0862 e. The molecular formula is C54H70N4S4+4. The average Bonchev–Trinajstić information content (AvgIpc) is 3.27. The summed E-state index contributed by atoms with van der Waals surface area (Å²) < 4.78 is 0. The predicted octanol–water partition coefficient (Wildman–Crippen LogP) is 9.41. The first-order valence-electron chi connectivity index (χ1n) is 22.4. The molecule has 4 nitrogen and oxygen atoms in total. The molecule has 0 aliphatic rings. The SMILES string of the molecule is CC(C)c1cc(-c2cccc(SCC[NH+](C)C)c2)cc(-c2cc(SCC[NH3+])cc(-c3cc(-c4cc(SCC[NH3+])cc(-c5cccc(SCC[NH+](C)C)c5)c4)cc(C(C)C)c3)c2)c1. The van der Waals surface area contributed by atoms with E-state index < -0.39 is 0 Å². The first kappa shape index (κ1) is 48.0. The van der Waals surface area contributed by atoms with Crippen molar-refractivity contribution in [1.29, 1.82) is 0 Å². The van der Waals surface area contributed by atoms with Crippen molar-refractivity contribution in [2.45, 2.75) is 59.1 Å². The van der Waals surface area contributed by atoms with Crippen LogP contribution in [0.3, 0.4) is 0 Å². The van der Waals surface area contributed by atoms with Crippen molar-refractivity contribution in [3.05, 3.63) is 132 Å². The van der Waals surface area contributed by atoms with Crippen molar-refractivity contribution < 1.29 is 21.3 Å². The second-order valence-corrected chi connectivity index (χ2v) is 22.2. The number of nitrogens with one attached hydrogen (secondary N) is 2. The van der Waals surface area contributed by atoms with E-state index in [1.54, 1.807) is 0 Å². The lowest BCUT2D eigenvalue weighted by atomic mass is 9.89. The molecule has 0 heterocycles. The summed E-state index contributed by atoms with van der Waals surface area (Å²) in [5.74, 6) is 4.96. The molecule has 0 radical (unpaired) electrons. The van der Waals surface area contributed by atoms with E-state index in [1.165, 1.54) is 96.1 Å². The van der Waals surface area contributed by atoms with Gasteiger partial charge in [-0.3, -0.25) is 0 Å². The number of hydrogen-bond acceptors (Lipinski definition) is 4. The fourth-order valence-corrected chi connectivity index (χ4v) is 11.2. The lowest BCUT2D eigenvalue weighted by Gasteiger charge is -2.17. The van der Waals surface area contributed by atoms with Gasteiger partial charge in [-0.05, 0) is 151 Å². The van der Waals surface area contributed by atoms with Crippen molar-refractivity contribution in [3.63, 3.8) is 0 Å². The van der Waals surface area contributed by atoms with Crippen LogP contribution in [-0.2, 0) is 0 Å². The first-order valence-corrected chi connectivity index (χ1v) is 26.3. The van der Waals surface area contributed by atoms with Gasteiger partial charge < -0.3 is 21.3 Å². The standard InChI is InChI=1S/C54H66N4S4/c1-37(2)41-23-43(39-11-9-13-51(31-39)61-21-17-57(5)6)27-44(24-41)49-30-50(36-54(35-49)60-20-16-56)46-26-42(38(3)4)25-45(28-46)48-29-47(33-53(34-48)59-19-15-55)40-12-10-14-52(32-40)62-22-18-58(7)8/h9-14,23-38H,15-22,55-56H2,1-8H3/p+4. The van der Waals surface area contributed by atoms with Crippen LogP contribution in [0.25, 0.3) is 55.6 Å². The Balaban J connectivity index is 1.45. The summed E-state index contributed by atoms with van der Waals surface area (Å²) in [6.07, 6.45) is 0. The Bertz CT molecular complexity index is 2390. The van der Waals surface area contributed by atoms with Gasteiger partial charge in [0.15, 0.2) is 0 Å². The van der Waals surface area contributed by atoms with Crippen LogP contribution in [-0.4, -0.2) is 77.4 Å². The van der Waals surface area contributed by atoms with Crippen molar-refractivity contribution >= 4 is 47.0 Å². The van der Waals surface area contributed by atoms with Gasteiger partial charge in [-0.1, -0.05) is 76.2 Å². The van der Waals surface area contributed by atoms with E-state index >= 15 is 0 Å². The number of quaternary nitrogens is 4. The lowest BCUT2D eigenvalue weighted by Crippen LogP contribution is -3.06. The summed E-state index contributed by atoms with van der Waals surface area (Å²) >= 11 is 7.72. The summed E-state index contributed by atoms with van der Waals surface area (Å²) in [6, 6.07) is 47.2. The van der Waals surface area contributed by atoms with Gasteiger partial charge in [0, 0.05) is 42.6 Å². The molecule has 8 heteroatoms.